The SMILES string of the molecule is CC[C@H](O)c1ccc(N2CC=C(C)CC2)cc1. The first kappa shape index (κ1) is 12.2. The molecule has 1 aliphatic rings. The second-order valence-corrected chi connectivity index (χ2v) is 4.76. The smallest absolute Gasteiger partial charge is 0.0787 e. The highest BCUT2D eigenvalue weighted by atomic mass is 16.3. The fourth-order valence-corrected chi connectivity index (χ4v) is 2.15. The number of rotatable bonds is 3. The number of aliphatic hydroxyl groups excluding tert-OH is 1. The molecule has 1 atom stereocenters. The van der Waals surface area contributed by atoms with Crippen molar-refractivity contribution in [2.75, 3.05) is 18.0 Å². The average Bonchev–Trinajstić information content (AvgIpc) is 2.39. The first-order valence-electron chi connectivity index (χ1n) is 6.39. The molecule has 1 aromatic carbocycles. The number of nitrogens with zero attached hydrogens (tertiary/aromatic N) is 1. The average molecular weight is 231 g/mol. The summed E-state index contributed by atoms with van der Waals surface area (Å²) in [5.74, 6) is 0. The third kappa shape index (κ3) is 2.89. The Kier molecular flexibility index (Phi) is 3.85. The van der Waals surface area contributed by atoms with Crippen LogP contribution in [0.2, 0.25) is 0 Å². The molecule has 1 aliphatic heterocycles. The summed E-state index contributed by atoms with van der Waals surface area (Å²) in [6, 6.07) is 8.30. The maximum Gasteiger partial charge on any atom is 0.0787 e. The summed E-state index contributed by atoms with van der Waals surface area (Å²) < 4.78 is 0. The first-order chi connectivity index (χ1) is 8.20. The summed E-state index contributed by atoms with van der Waals surface area (Å²) in [6.45, 7) is 6.29. The van der Waals surface area contributed by atoms with E-state index in [4.69, 9.17) is 0 Å². The van der Waals surface area contributed by atoms with Crippen LogP contribution < -0.4 is 4.90 Å². The lowest BCUT2D eigenvalue weighted by molar-refractivity contribution is 0.173. The number of hydrogen-bond acceptors (Lipinski definition) is 2. The van der Waals surface area contributed by atoms with Gasteiger partial charge < -0.3 is 10.0 Å². The van der Waals surface area contributed by atoms with Gasteiger partial charge >= 0.3 is 0 Å². The molecule has 0 saturated heterocycles. The van der Waals surface area contributed by atoms with Crippen molar-refractivity contribution < 1.29 is 5.11 Å². The van der Waals surface area contributed by atoms with Crippen molar-refractivity contribution in [2.24, 2.45) is 0 Å². The Balaban J connectivity index is 2.08. The van der Waals surface area contributed by atoms with E-state index in [0.717, 1.165) is 31.5 Å². The highest BCUT2D eigenvalue weighted by Crippen LogP contribution is 2.23. The maximum absolute atomic E-state index is 9.74. The lowest BCUT2D eigenvalue weighted by Gasteiger charge is -2.27. The van der Waals surface area contributed by atoms with Gasteiger partial charge in [0.15, 0.2) is 0 Å². The Hall–Kier alpha value is -1.28. The van der Waals surface area contributed by atoms with E-state index in [-0.39, 0.29) is 6.10 Å². The molecule has 0 aliphatic carbocycles. The molecule has 0 aromatic heterocycles. The normalized spacial score (nSPS) is 17.8. The molecule has 1 aromatic rings. The highest BCUT2D eigenvalue weighted by molar-refractivity contribution is 5.49. The predicted molar refractivity (Wildman–Crippen MR) is 72.3 cm³/mol. The molecule has 92 valence electrons. The minimum atomic E-state index is -0.326. The first-order valence-corrected chi connectivity index (χ1v) is 6.39. The van der Waals surface area contributed by atoms with Gasteiger partial charge in [-0.3, -0.25) is 0 Å². The zero-order valence-corrected chi connectivity index (χ0v) is 10.7. The van der Waals surface area contributed by atoms with Crippen LogP contribution in [0, 0.1) is 0 Å². The van der Waals surface area contributed by atoms with E-state index in [1.165, 1.54) is 11.3 Å². The van der Waals surface area contributed by atoms with Gasteiger partial charge in [-0.15, -0.1) is 0 Å². The third-order valence-electron chi connectivity index (χ3n) is 3.47. The molecule has 0 unspecified atom stereocenters. The molecular formula is C15H21NO. The Labute approximate surface area is 104 Å². The molecule has 1 heterocycles. The largest absolute Gasteiger partial charge is 0.388 e. The Morgan fingerprint density at radius 2 is 2.00 bits per heavy atom. The molecule has 17 heavy (non-hydrogen) atoms. The van der Waals surface area contributed by atoms with Crippen molar-refractivity contribution in [3.63, 3.8) is 0 Å². The summed E-state index contributed by atoms with van der Waals surface area (Å²) in [6.07, 6.45) is 3.88. The molecule has 0 spiro atoms. The van der Waals surface area contributed by atoms with Crippen LogP contribution in [0.3, 0.4) is 0 Å². The number of aliphatic hydroxyl groups is 1. The molecule has 0 fully saturated rings. The van der Waals surface area contributed by atoms with Gasteiger partial charge in [0.1, 0.15) is 0 Å². The standard InChI is InChI=1S/C15H21NO/c1-3-15(17)13-4-6-14(7-5-13)16-10-8-12(2)9-11-16/h4-8,15,17H,3,9-11H2,1-2H3/t15-/m0/s1. The fourth-order valence-electron chi connectivity index (χ4n) is 2.15. The third-order valence-corrected chi connectivity index (χ3v) is 3.47. The topological polar surface area (TPSA) is 23.5 Å². The second kappa shape index (κ2) is 5.37. The zero-order valence-electron chi connectivity index (χ0n) is 10.7. The van der Waals surface area contributed by atoms with Gasteiger partial charge in [0.05, 0.1) is 6.10 Å². The van der Waals surface area contributed by atoms with Crippen LogP contribution in [0.4, 0.5) is 5.69 Å². The van der Waals surface area contributed by atoms with Crippen molar-refractivity contribution in [1.29, 1.82) is 0 Å². The van der Waals surface area contributed by atoms with E-state index >= 15 is 0 Å². The van der Waals surface area contributed by atoms with E-state index in [0.29, 0.717) is 0 Å². The van der Waals surface area contributed by atoms with E-state index in [9.17, 15) is 5.11 Å². The van der Waals surface area contributed by atoms with Crippen LogP contribution in [0.1, 0.15) is 38.4 Å². The van der Waals surface area contributed by atoms with Crippen molar-refractivity contribution in [1.82, 2.24) is 0 Å². The van der Waals surface area contributed by atoms with E-state index < -0.39 is 0 Å². The van der Waals surface area contributed by atoms with Gasteiger partial charge in [0, 0.05) is 18.8 Å². The zero-order chi connectivity index (χ0) is 12.3. The summed E-state index contributed by atoms with van der Waals surface area (Å²) in [5, 5.41) is 9.74. The van der Waals surface area contributed by atoms with Crippen molar-refractivity contribution in [2.45, 2.75) is 32.8 Å². The summed E-state index contributed by atoms with van der Waals surface area (Å²) in [5.41, 5.74) is 3.75. The van der Waals surface area contributed by atoms with Crippen molar-refractivity contribution in [3.8, 4) is 0 Å². The molecule has 2 nitrogen and oxygen atoms in total. The van der Waals surface area contributed by atoms with Crippen LogP contribution in [-0.2, 0) is 0 Å². The minimum absolute atomic E-state index is 0.326. The molecule has 0 radical (unpaired) electrons. The van der Waals surface area contributed by atoms with E-state index in [1.807, 2.05) is 19.1 Å². The Morgan fingerprint density at radius 3 is 2.53 bits per heavy atom. The molecule has 0 saturated carbocycles. The van der Waals surface area contributed by atoms with Crippen LogP contribution in [0.15, 0.2) is 35.9 Å². The van der Waals surface area contributed by atoms with Crippen LogP contribution >= 0.6 is 0 Å². The monoisotopic (exact) mass is 231 g/mol. The van der Waals surface area contributed by atoms with Gasteiger partial charge in [-0.2, -0.15) is 0 Å². The van der Waals surface area contributed by atoms with Crippen molar-refractivity contribution >= 4 is 5.69 Å². The van der Waals surface area contributed by atoms with Gasteiger partial charge in [-0.1, -0.05) is 30.7 Å². The fraction of sp³-hybridized carbons (Fsp3) is 0.467. The number of hydrogen-bond donors (Lipinski definition) is 1. The minimum Gasteiger partial charge on any atom is -0.388 e. The van der Waals surface area contributed by atoms with Gasteiger partial charge in [-0.25, -0.2) is 0 Å². The quantitative estimate of drug-likeness (QED) is 0.807. The van der Waals surface area contributed by atoms with E-state index in [2.05, 4.69) is 30.0 Å². The van der Waals surface area contributed by atoms with Crippen LogP contribution in [0.5, 0.6) is 0 Å². The lowest BCUT2D eigenvalue weighted by atomic mass is 10.1. The van der Waals surface area contributed by atoms with Crippen LogP contribution in [-0.4, -0.2) is 18.2 Å². The molecule has 2 heteroatoms. The van der Waals surface area contributed by atoms with Crippen LogP contribution in [0.25, 0.3) is 0 Å². The molecule has 2 rings (SSSR count). The predicted octanol–water partition coefficient (Wildman–Crippen LogP) is 3.29. The Morgan fingerprint density at radius 1 is 1.29 bits per heavy atom. The van der Waals surface area contributed by atoms with Gasteiger partial charge in [-0.05, 0) is 37.5 Å². The second-order valence-electron chi connectivity index (χ2n) is 4.76. The number of anilines is 1. The lowest BCUT2D eigenvalue weighted by Crippen LogP contribution is -2.27. The maximum atomic E-state index is 9.74. The summed E-state index contributed by atoms with van der Waals surface area (Å²) in [4.78, 5) is 2.37. The summed E-state index contributed by atoms with van der Waals surface area (Å²) >= 11 is 0. The highest BCUT2D eigenvalue weighted by Gasteiger charge is 2.11. The van der Waals surface area contributed by atoms with Gasteiger partial charge in [0.25, 0.3) is 0 Å². The molecule has 0 amide bonds. The molecule has 0 bridgehead atoms. The van der Waals surface area contributed by atoms with Gasteiger partial charge in [0.2, 0.25) is 0 Å². The van der Waals surface area contributed by atoms with Crippen molar-refractivity contribution in [3.05, 3.63) is 41.5 Å². The number of benzene rings is 1. The molecular weight excluding hydrogens is 210 g/mol. The summed E-state index contributed by atoms with van der Waals surface area (Å²) in [7, 11) is 0. The molecule has 1 N–H and O–H groups in total. The Bertz CT molecular complexity index is 394. The van der Waals surface area contributed by atoms with E-state index in [1.54, 1.807) is 0 Å².